The first-order valence-corrected chi connectivity index (χ1v) is 4.46. The molecule has 0 saturated heterocycles. The van der Waals surface area contributed by atoms with E-state index in [0.717, 1.165) is 11.7 Å². The lowest BCUT2D eigenvalue weighted by Gasteiger charge is -2.02. The zero-order valence-corrected chi connectivity index (χ0v) is 8.45. The van der Waals surface area contributed by atoms with Crippen LogP contribution in [0.3, 0.4) is 0 Å². The van der Waals surface area contributed by atoms with E-state index in [-0.39, 0.29) is 13.0 Å². The van der Waals surface area contributed by atoms with Gasteiger partial charge >= 0.3 is 11.9 Å². The van der Waals surface area contributed by atoms with Crippen molar-refractivity contribution in [3.63, 3.8) is 0 Å². The first-order chi connectivity index (χ1) is 7.38. The number of halogens is 3. The van der Waals surface area contributed by atoms with Crippen LogP contribution >= 0.6 is 0 Å². The lowest BCUT2D eigenvalue weighted by atomic mass is 10.3. The van der Waals surface area contributed by atoms with Gasteiger partial charge < -0.3 is 0 Å². The molecule has 0 amide bonds. The summed E-state index contributed by atoms with van der Waals surface area (Å²) in [6.45, 7) is 0.0102. The molecule has 0 unspecified atom stereocenters. The first kappa shape index (κ1) is 12.3. The van der Waals surface area contributed by atoms with Gasteiger partial charge in [0.1, 0.15) is 0 Å². The third-order valence-corrected chi connectivity index (χ3v) is 1.95. The van der Waals surface area contributed by atoms with Crippen LogP contribution in [0, 0.1) is 11.3 Å². The van der Waals surface area contributed by atoms with Crippen LogP contribution in [0.15, 0.2) is 4.79 Å². The van der Waals surface area contributed by atoms with E-state index in [0.29, 0.717) is 11.0 Å². The molecular weight excluding hydrogens is 225 g/mol. The number of unbranched alkanes of at least 4 members (excludes halogenated alkanes) is 1. The molecule has 5 nitrogen and oxygen atoms in total. The average Bonchev–Trinajstić information content (AvgIpc) is 2.45. The average molecular weight is 234 g/mol. The lowest BCUT2D eigenvalue weighted by molar-refractivity contribution is -0.147. The Morgan fingerprint density at radius 3 is 2.56 bits per heavy atom. The fourth-order valence-corrected chi connectivity index (χ4v) is 1.19. The number of rotatable bonds is 3. The summed E-state index contributed by atoms with van der Waals surface area (Å²) in [6, 6.07) is 1.84. The summed E-state index contributed by atoms with van der Waals surface area (Å²) < 4.78 is 38.2. The van der Waals surface area contributed by atoms with E-state index in [1.54, 1.807) is 0 Å². The Hall–Kier alpha value is -1.78. The number of nitrogens with zero attached hydrogens (tertiary/aromatic N) is 4. The van der Waals surface area contributed by atoms with E-state index < -0.39 is 17.7 Å². The molecule has 0 fully saturated rings. The molecule has 1 rings (SSSR count). The Kier molecular flexibility index (Phi) is 3.37. The molecule has 1 aromatic heterocycles. The van der Waals surface area contributed by atoms with Crippen molar-refractivity contribution < 1.29 is 13.2 Å². The third kappa shape index (κ3) is 2.42. The summed E-state index contributed by atoms with van der Waals surface area (Å²) in [7, 11) is 1.01. The number of alkyl halides is 3. The molecule has 88 valence electrons. The maximum Gasteiger partial charge on any atom is 0.451 e. The Morgan fingerprint density at radius 1 is 1.50 bits per heavy atom. The van der Waals surface area contributed by atoms with Gasteiger partial charge in [-0.05, 0) is 6.42 Å². The summed E-state index contributed by atoms with van der Waals surface area (Å²) in [5.74, 6) is -1.23. The quantitative estimate of drug-likeness (QED) is 0.730. The van der Waals surface area contributed by atoms with E-state index in [9.17, 15) is 18.0 Å². The Bertz CT molecular complexity index is 465. The molecule has 0 bridgehead atoms. The highest BCUT2D eigenvalue weighted by molar-refractivity contribution is 4.91. The zero-order valence-electron chi connectivity index (χ0n) is 8.45. The van der Waals surface area contributed by atoms with Gasteiger partial charge in [-0.25, -0.2) is 9.48 Å². The van der Waals surface area contributed by atoms with E-state index in [1.165, 1.54) is 0 Å². The van der Waals surface area contributed by atoms with Crippen molar-refractivity contribution in [3.8, 4) is 6.07 Å². The Balaban J connectivity index is 2.98. The predicted octanol–water partition coefficient (Wildman–Crippen LogP) is 0.904. The van der Waals surface area contributed by atoms with Gasteiger partial charge in [-0.3, -0.25) is 4.57 Å². The highest BCUT2D eigenvalue weighted by Gasteiger charge is 2.37. The molecule has 1 heterocycles. The molecular formula is C8H9F3N4O. The minimum absolute atomic E-state index is 0.0102. The van der Waals surface area contributed by atoms with Crippen LogP contribution in [0.2, 0.25) is 0 Å². The van der Waals surface area contributed by atoms with Crippen LogP contribution < -0.4 is 5.69 Å². The van der Waals surface area contributed by atoms with Crippen molar-refractivity contribution in [3.05, 3.63) is 16.3 Å². The molecule has 0 spiro atoms. The standard InChI is InChI=1S/C8H9F3N4O/c1-14-6(8(9,10)11)13-15(7(14)16)5-3-2-4-12/h2-3,5H2,1H3. The largest absolute Gasteiger partial charge is 0.451 e. The van der Waals surface area contributed by atoms with Crippen molar-refractivity contribution in [2.24, 2.45) is 7.05 Å². The summed E-state index contributed by atoms with van der Waals surface area (Å²) in [5.41, 5.74) is -0.828. The fraction of sp³-hybridized carbons (Fsp3) is 0.625. The molecule has 0 radical (unpaired) electrons. The van der Waals surface area contributed by atoms with Crippen LogP contribution in [-0.2, 0) is 19.8 Å². The van der Waals surface area contributed by atoms with Gasteiger partial charge in [0.25, 0.3) is 0 Å². The second-order valence-electron chi connectivity index (χ2n) is 3.15. The number of nitriles is 1. The van der Waals surface area contributed by atoms with E-state index in [4.69, 9.17) is 5.26 Å². The zero-order chi connectivity index (χ0) is 12.3. The lowest BCUT2D eigenvalue weighted by Crippen LogP contribution is -2.24. The third-order valence-electron chi connectivity index (χ3n) is 1.95. The van der Waals surface area contributed by atoms with Gasteiger partial charge in [0.15, 0.2) is 0 Å². The minimum atomic E-state index is -4.64. The topological polar surface area (TPSA) is 63.6 Å². The number of aromatic nitrogens is 3. The van der Waals surface area contributed by atoms with Crippen LogP contribution in [0.4, 0.5) is 13.2 Å². The number of hydrogen-bond acceptors (Lipinski definition) is 3. The van der Waals surface area contributed by atoms with Gasteiger partial charge in [-0.2, -0.15) is 18.4 Å². The van der Waals surface area contributed by atoms with Crippen molar-refractivity contribution in [1.29, 1.82) is 5.26 Å². The SMILES string of the molecule is Cn1c(C(F)(F)F)nn(CCCC#N)c1=O. The maximum atomic E-state index is 12.3. The van der Waals surface area contributed by atoms with Gasteiger partial charge in [0.05, 0.1) is 6.07 Å². The molecule has 0 N–H and O–H groups in total. The smallest absolute Gasteiger partial charge is 0.274 e. The highest BCUT2D eigenvalue weighted by atomic mass is 19.4. The second kappa shape index (κ2) is 4.38. The van der Waals surface area contributed by atoms with Gasteiger partial charge in [-0.15, -0.1) is 5.10 Å². The van der Waals surface area contributed by atoms with Crippen LogP contribution in [0.1, 0.15) is 18.7 Å². The van der Waals surface area contributed by atoms with Crippen LogP contribution in [0.25, 0.3) is 0 Å². The number of hydrogen-bond donors (Lipinski definition) is 0. The second-order valence-corrected chi connectivity index (χ2v) is 3.15. The van der Waals surface area contributed by atoms with Crippen LogP contribution in [0.5, 0.6) is 0 Å². The van der Waals surface area contributed by atoms with E-state index in [2.05, 4.69) is 5.10 Å². The first-order valence-electron chi connectivity index (χ1n) is 4.46. The van der Waals surface area contributed by atoms with Crippen molar-refractivity contribution in [2.75, 3.05) is 0 Å². The molecule has 0 aliphatic carbocycles. The van der Waals surface area contributed by atoms with Crippen LogP contribution in [-0.4, -0.2) is 14.3 Å². The molecule has 0 atom stereocenters. The fourth-order valence-electron chi connectivity index (χ4n) is 1.19. The van der Waals surface area contributed by atoms with Gasteiger partial charge in [0.2, 0.25) is 5.82 Å². The maximum absolute atomic E-state index is 12.3. The Morgan fingerprint density at radius 2 is 2.12 bits per heavy atom. The number of aryl methyl sites for hydroxylation is 1. The van der Waals surface area contributed by atoms with Crippen molar-refractivity contribution in [1.82, 2.24) is 14.3 Å². The molecule has 8 heteroatoms. The summed E-state index contributed by atoms with van der Waals surface area (Å²) in [6.07, 6.45) is -4.18. The predicted molar refractivity (Wildman–Crippen MR) is 47.3 cm³/mol. The summed E-state index contributed by atoms with van der Waals surface area (Å²) in [4.78, 5) is 11.3. The Labute approximate surface area is 88.7 Å². The van der Waals surface area contributed by atoms with Crippen molar-refractivity contribution in [2.45, 2.75) is 25.6 Å². The molecule has 0 saturated carbocycles. The van der Waals surface area contributed by atoms with E-state index in [1.807, 2.05) is 6.07 Å². The minimum Gasteiger partial charge on any atom is -0.274 e. The van der Waals surface area contributed by atoms with Gasteiger partial charge in [-0.1, -0.05) is 0 Å². The normalized spacial score (nSPS) is 11.4. The monoisotopic (exact) mass is 234 g/mol. The molecule has 1 aromatic rings. The summed E-state index contributed by atoms with van der Waals surface area (Å²) in [5, 5.41) is 11.4. The molecule has 16 heavy (non-hydrogen) atoms. The highest BCUT2D eigenvalue weighted by Crippen LogP contribution is 2.25. The van der Waals surface area contributed by atoms with E-state index >= 15 is 0 Å². The molecule has 0 aliphatic rings. The van der Waals surface area contributed by atoms with Crippen molar-refractivity contribution >= 4 is 0 Å². The van der Waals surface area contributed by atoms with Gasteiger partial charge in [0, 0.05) is 20.0 Å². The summed E-state index contributed by atoms with van der Waals surface area (Å²) >= 11 is 0. The molecule has 0 aliphatic heterocycles. The molecule has 0 aromatic carbocycles.